The van der Waals surface area contributed by atoms with E-state index in [1.54, 1.807) is 7.11 Å². The Morgan fingerprint density at radius 3 is 2.47 bits per heavy atom. The van der Waals surface area contributed by atoms with Gasteiger partial charge in [0.05, 0.1) is 13.7 Å². The van der Waals surface area contributed by atoms with Gasteiger partial charge in [0.1, 0.15) is 5.75 Å². The van der Waals surface area contributed by atoms with E-state index in [4.69, 9.17) is 24.3 Å². The molecule has 2 heterocycles. The fraction of sp³-hybridized carbons (Fsp3) is 0.526. The Balaban J connectivity index is 0.000000271. The maximum Gasteiger partial charge on any atom is 0.293 e. The molecule has 5 rings (SSSR count). The number of methoxy groups -OCH3 is 1. The Labute approximate surface area is 271 Å². The summed E-state index contributed by atoms with van der Waals surface area (Å²) in [5.74, 6) is 3.89. The van der Waals surface area contributed by atoms with E-state index in [9.17, 15) is 4.79 Å². The molecule has 1 aliphatic carbocycles. The van der Waals surface area contributed by atoms with Gasteiger partial charge in [-0.05, 0) is 91.0 Å². The molecule has 1 N–H and O–H groups in total. The molecule has 1 aliphatic heterocycles. The molecule has 7 nitrogen and oxygen atoms in total. The lowest BCUT2D eigenvalue weighted by molar-refractivity contribution is -0.128. The third kappa shape index (κ3) is 12.0. The quantitative estimate of drug-likeness (QED) is 0.161. The molecule has 7 heteroatoms. The summed E-state index contributed by atoms with van der Waals surface area (Å²) >= 11 is 0. The molecule has 0 spiro atoms. The highest BCUT2D eigenvalue weighted by atomic mass is 16.7. The third-order valence-corrected chi connectivity index (χ3v) is 7.74. The summed E-state index contributed by atoms with van der Waals surface area (Å²) < 4.78 is 20.5. The number of unbranched alkanes of at least 4 members (excludes halogenated alkanes) is 2. The average Bonchev–Trinajstić information content (AvgIpc) is 3.68. The lowest BCUT2D eigenvalue weighted by atomic mass is 9.87. The van der Waals surface area contributed by atoms with Crippen molar-refractivity contribution >= 4 is 6.47 Å². The predicted molar refractivity (Wildman–Crippen MR) is 181 cm³/mol. The van der Waals surface area contributed by atoms with Gasteiger partial charge in [-0.2, -0.15) is 0 Å². The van der Waals surface area contributed by atoms with E-state index in [1.165, 1.54) is 40.9 Å². The van der Waals surface area contributed by atoms with Crippen molar-refractivity contribution in [2.24, 2.45) is 11.8 Å². The number of fused-ring (bicyclic) bond motifs is 2. The Hall–Kier alpha value is -3.58. The van der Waals surface area contributed by atoms with E-state index in [0.717, 1.165) is 49.4 Å². The zero-order valence-corrected chi connectivity index (χ0v) is 28.5. The number of carbonyl (C=O) groups excluding carboxylic acids is 1. The predicted octanol–water partition coefficient (Wildman–Crippen LogP) is 8.33. The fourth-order valence-corrected chi connectivity index (χ4v) is 5.39. The van der Waals surface area contributed by atoms with Crippen LogP contribution in [0.1, 0.15) is 101 Å². The zero-order chi connectivity index (χ0) is 33.0. The molecule has 0 amide bonds. The van der Waals surface area contributed by atoms with Crippen LogP contribution in [0.25, 0.3) is 0 Å². The molecule has 2 aliphatic rings. The number of benzene rings is 2. The van der Waals surface area contributed by atoms with Crippen molar-refractivity contribution in [1.29, 1.82) is 0 Å². The molecule has 248 valence electrons. The molecule has 1 aromatic heterocycles. The lowest BCUT2D eigenvalue weighted by Crippen LogP contribution is -2.05. The second kappa shape index (κ2) is 21.2. The first-order valence-electron chi connectivity index (χ1n) is 16.6. The van der Waals surface area contributed by atoms with E-state index in [1.807, 2.05) is 52.0 Å². The molecule has 0 unspecified atom stereocenters. The smallest absolute Gasteiger partial charge is 0.293 e. The first-order valence-corrected chi connectivity index (χ1v) is 16.6. The maximum absolute atomic E-state index is 9.46. The van der Waals surface area contributed by atoms with Gasteiger partial charge >= 0.3 is 0 Å². The van der Waals surface area contributed by atoms with Crippen LogP contribution < -0.4 is 14.2 Å². The summed E-state index contributed by atoms with van der Waals surface area (Å²) in [6.07, 6.45) is 7.53. The topological polar surface area (TPSA) is 87.1 Å². The second-order valence-electron chi connectivity index (χ2n) is 11.4. The summed E-state index contributed by atoms with van der Waals surface area (Å²) in [6, 6.07) is 18.8. The molecule has 3 aromatic rings. The van der Waals surface area contributed by atoms with Crippen molar-refractivity contribution in [3.63, 3.8) is 0 Å². The molecule has 2 aromatic carbocycles. The highest BCUT2D eigenvalue weighted by Gasteiger charge is 2.32. The number of aliphatic hydroxyl groups is 1. The van der Waals surface area contributed by atoms with Crippen molar-refractivity contribution in [2.75, 3.05) is 27.1 Å². The van der Waals surface area contributed by atoms with E-state index < -0.39 is 0 Å². The van der Waals surface area contributed by atoms with E-state index >= 15 is 0 Å². The van der Waals surface area contributed by atoms with Crippen LogP contribution in [0.2, 0.25) is 0 Å². The van der Waals surface area contributed by atoms with Crippen LogP contribution in [0.3, 0.4) is 0 Å². The number of aliphatic hydroxyl groups excluding tert-OH is 1. The number of hydrogen-bond acceptors (Lipinski definition) is 7. The van der Waals surface area contributed by atoms with Crippen LogP contribution >= 0.6 is 0 Å². The molecular formula is C38H55NO6. The minimum absolute atomic E-state index is 0.233. The van der Waals surface area contributed by atoms with Crippen molar-refractivity contribution in [2.45, 2.75) is 92.4 Å². The molecule has 0 radical (unpaired) electrons. The lowest BCUT2D eigenvalue weighted by Gasteiger charge is -2.17. The number of nitrogens with zero attached hydrogens (tertiary/aromatic N) is 1. The normalized spacial score (nSPS) is 16.0. The van der Waals surface area contributed by atoms with Gasteiger partial charge in [-0.1, -0.05) is 78.6 Å². The molecule has 0 fully saturated rings. The molecule has 45 heavy (non-hydrogen) atoms. The van der Waals surface area contributed by atoms with Gasteiger partial charge in [-0.25, -0.2) is 0 Å². The van der Waals surface area contributed by atoms with Crippen molar-refractivity contribution < 1.29 is 28.8 Å². The van der Waals surface area contributed by atoms with Crippen molar-refractivity contribution in [3.05, 3.63) is 82.7 Å². The van der Waals surface area contributed by atoms with Crippen molar-refractivity contribution in [1.82, 2.24) is 4.98 Å². The molecule has 3 atom stereocenters. The fourth-order valence-electron chi connectivity index (χ4n) is 5.39. The number of carbonyl (C=O) groups is 1. The van der Waals surface area contributed by atoms with Gasteiger partial charge in [0.2, 0.25) is 6.79 Å². The number of rotatable bonds is 12. The van der Waals surface area contributed by atoms with Crippen LogP contribution in [-0.4, -0.2) is 43.7 Å². The van der Waals surface area contributed by atoms with Crippen LogP contribution in [0.15, 0.2) is 54.6 Å². The van der Waals surface area contributed by atoms with Crippen molar-refractivity contribution in [3.8, 4) is 17.2 Å². The van der Waals surface area contributed by atoms with Crippen LogP contribution in [0.4, 0.5) is 0 Å². The van der Waals surface area contributed by atoms with Gasteiger partial charge < -0.3 is 24.1 Å². The highest BCUT2D eigenvalue weighted by Crippen LogP contribution is 2.44. The van der Waals surface area contributed by atoms with Gasteiger partial charge in [0.25, 0.3) is 6.47 Å². The minimum atomic E-state index is 0.233. The number of pyridine rings is 1. The number of aromatic nitrogens is 1. The SMILES string of the molecule is CC.CCCCOC=O.CCCCc1ccc2c(n1)C[C@H](C)[C@H]2c1ccc2c(c1)OCO2.COc1cccc(C[C@H](C)CO)c1. The van der Waals surface area contributed by atoms with E-state index in [-0.39, 0.29) is 6.61 Å². The Bertz CT molecular complexity index is 1260. The van der Waals surface area contributed by atoms with Crippen LogP contribution in [0, 0.1) is 11.8 Å². The van der Waals surface area contributed by atoms with Gasteiger partial charge in [0, 0.05) is 23.9 Å². The van der Waals surface area contributed by atoms with Gasteiger partial charge in [-0.3, -0.25) is 9.78 Å². The monoisotopic (exact) mass is 621 g/mol. The van der Waals surface area contributed by atoms with Crippen LogP contribution in [0.5, 0.6) is 17.2 Å². The number of hydrogen-bond donors (Lipinski definition) is 1. The van der Waals surface area contributed by atoms with E-state index in [0.29, 0.717) is 37.6 Å². The largest absolute Gasteiger partial charge is 0.497 e. The van der Waals surface area contributed by atoms with E-state index in [2.05, 4.69) is 48.9 Å². The molecule has 0 bridgehead atoms. The first kappa shape index (κ1) is 37.6. The maximum atomic E-state index is 9.46. The standard InChI is InChI=1S/C20H23NO2.C11H16O2.C5H10O2.C2H6/c1-3-4-5-15-7-8-16-17(21-15)10-13(2)20(16)14-6-9-18-19(11-14)23-12-22-18;1-9(8-12)6-10-4-3-5-11(7-10)13-2;1-2-3-4-7-5-6;1-2/h6-9,11,13,20H,3-5,10,12H2,1-2H3;3-5,7,9,12H,6,8H2,1-2H3;5H,2-4H2,1H3;1-2H3/t13-,20-;9-;;/m00../s1. The average molecular weight is 622 g/mol. The Morgan fingerprint density at radius 1 is 1.02 bits per heavy atom. The van der Waals surface area contributed by atoms with Gasteiger partial charge in [0.15, 0.2) is 11.5 Å². The Kier molecular flexibility index (Phi) is 17.7. The third-order valence-electron chi connectivity index (χ3n) is 7.74. The number of ether oxygens (including phenoxy) is 4. The Morgan fingerprint density at radius 2 is 1.78 bits per heavy atom. The first-order chi connectivity index (χ1) is 21.9. The summed E-state index contributed by atoms with van der Waals surface area (Å²) in [4.78, 5) is 14.4. The number of aryl methyl sites for hydroxylation is 1. The molecular weight excluding hydrogens is 566 g/mol. The summed E-state index contributed by atoms with van der Waals surface area (Å²) in [7, 11) is 1.66. The van der Waals surface area contributed by atoms with Crippen LogP contribution in [-0.2, 0) is 28.8 Å². The summed E-state index contributed by atoms with van der Waals surface area (Å²) in [6.45, 7) is 14.2. The molecule has 0 saturated carbocycles. The second-order valence-corrected chi connectivity index (χ2v) is 11.4. The molecule has 0 saturated heterocycles. The highest BCUT2D eigenvalue weighted by molar-refractivity contribution is 5.49. The summed E-state index contributed by atoms with van der Waals surface area (Å²) in [5, 5.41) is 8.89. The minimum Gasteiger partial charge on any atom is -0.497 e. The summed E-state index contributed by atoms with van der Waals surface area (Å²) in [5.41, 5.74) is 6.43. The zero-order valence-electron chi connectivity index (χ0n) is 28.5. The van der Waals surface area contributed by atoms with Gasteiger partial charge in [-0.15, -0.1) is 0 Å².